The Balaban J connectivity index is 1.36. The van der Waals surface area contributed by atoms with Gasteiger partial charge < -0.3 is 4.90 Å². The number of pyridine rings is 1. The number of carbonyl (C=O) groups excluding carboxylic acids is 1. The van der Waals surface area contributed by atoms with Crippen molar-refractivity contribution >= 4 is 17.2 Å². The summed E-state index contributed by atoms with van der Waals surface area (Å²) in [5.41, 5.74) is 1.92. The fraction of sp³-hybridized carbons (Fsp3) is 0.471. The highest BCUT2D eigenvalue weighted by Crippen LogP contribution is 2.32. The number of fused-ring (bicyclic) bond motifs is 1. The van der Waals surface area contributed by atoms with Crippen molar-refractivity contribution in [2.75, 3.05) is 26.2 Å². The molecule has 0 aliphatic carbocycles. The number of aryl methyl sites for hydroxylation is 1. The molecule has 0 spiro atoms. The van der Waals surface area contributed by atoms with Gasteiger partial charge in [0.25, 0.3) is 5.91 Å². The van der Waals surface area contributed by atoms with Crippen molar-refractivity contribution < 1.29 is 4.79 Å². The molecule has 0 unspecified atom stereocenters. The third kappa shape index (κ3) is 3.01. The van der Waals surface area contributed by atoms with E-state index in [4.69, 9.17) is 0 Å². The summed E-state index contributed by atoms with van der Waals surface area (Å²) >= 11 is 1.72. The molecule has 2 aromatic heterocycles. The molecule has 2 saturated heterocycles. The van der Waals surface area contributed by atoms with Gasteiger partial charge >= 0.3 is 0 Å². The summed E-state index contributed by atoms with van der Waals surface area (Å²) < 4.78 is 0. The number of carbonyl (C=O) groups is 1. The predicted octanol–water partition coefficient (Wildman–Crippen LogP) is 2.05. The van der Waals surface area contributed by atoms with Crippen LogP contribution in [0.5, 0.6) is 0 Å². The van der Waals surface area contributed by atoms with Crippen LogP contribution in [0, 0.1) is 18.8 Å². The Morgan fingerprint density at radius 3 is 2.52 bits per heavy atom. The molecule has 6 heteroatoms. The van der Waals surface area contributed by atoms with E-state index in [1.807, 2.05) is 4.90 Å². The SMILES string of the molecule is Cc1nc(CN2C[C@@H]3CN(C(=O)c4ccncc4)C[C@@H]3C2)cs1. The number of rotatable bonds is 3. The number of thiazole rings is 1. The first-order valence-corrected chi connectivity index (χ1v) is 8.89. The average molecular weight is 328 g/mol. The fourth-order valence-corrected chi connectivity index (χ4v) is 4.38. The van der Waals surface area contributed by atoms with Crippen LogP contribution in [0.25, 0.3) is 0 Å². The number of hydrogen-bond donors (Lipinski definition) is 0. The van der Waals surface area contributed by atoms with Crippen LogP contribution in [-0.4, -0.2) is 51.9 Å². The number of likely N-dealkylation sites (tertiary alicyclic amines) is 2. The summed E-state index contributed by atoms with van der Waals surface area (Å²) in [5, 5.41) is 3.29. The van der Waals surface area contributed by atoms with E-state index in [2.05, 4.69) is 27.2 Å². The van der Waals surface area contributed by atoms with Gasteiger partial charge in [0.05, 0.1) is 10.7 Å². The highest BCUT2D eigenvalue weighted by atomic mass is 32.1. The third-order valence-corrected chi connectivity index (χ3v) is 5.65. The van der Waals surface area contributed by atoms with E-state index in [0.717, 1.165) is 43.3 Å². The zero-order valence-corrected chi connectivity index (χ0v) is 14.0. The van der Waals surface area contributed by atoms with E-state index in [-0.39, 0.29) is 5.91 Å². The molecule has 5 nitrogen and oxygen atoms in total. The van der Waals surface area contributed by atoms with E-state index in [0.29, 0.717) is 11.8 Å². The Hall–Kier alpha value is -1.79. The van der Waals surface area contributed by atoms with Gasteiger partial charge in [0.2, 0.25) is 0 Å². The van der Waals surface area contributed by atoms with Crippen LogP contribution < -0.4 is 0 Å². The third-order valence-electron chi connectivity index (χ3n) is 4.83. The van der Waals surface area contributed by atoms with Crippen LogP contribution in [0.1, 0.15) is 21.1 Å². The molecule has 0 bridgehead atoms. The van der Waals surface area contributed by atoms with Crippen molar-refractivity contribution in [2.45, 2.75) is 13.5 Å². The lowest BCUT2D eigenvalue weighted by Crippen LogP contribution is -2.33. The molecule has 2 aliphatic rings. The Morgan fingerprint density at radius 1 is 1.22 bits per heavy atom. The van der Waals surface area contributed by atoms with Crippen molar-refractivity contribution in [1.82, 2.24) is 19.8 Å². The molecule has 2 aromatic rings. The quantitative estimate of drug-likeness (QED) is 0.865. The molecular formula is C17H20N4OS. The second-order valence-corrected chi connectivity index (χ2v) is 7.58. The minimum absolute atomic E-state index is 0.142. The Kier molecular flexibility index (Phi) is 3.87. The van der Waals surface area contributed by atoms with Crippen molar-refractivity contribution in [3.63, 3.8) is 0 Å². The molecular weight excluding hydrogens is 308 g/mol. The van der Waals surface area contributed by atoms with E-state index in [9.17, 15) is 4.79 Å². The first kappa shape index (κ1) is 14.8. The average Bonchev–Trinajstić information content (AvgIpc) is 3.22. The second kappa shape index (κ2) is 6.02. The molecule has 4 rings (SSSR count). The van der Waals surface area contributed by atoms with Crippen LogP contribution in [0.3, 0.4) is 0 Å². The maximum Gasteiger partial charge on any atom is 0.253 e. The fourth-order valence-electron chi connectivity index (χ4n) is 3.77. The molecule has 0 aromatic carbocycles. The van der Waals surface area contributed by atoms with Crippen LogP contribution in [0.4, 0.5) is 0 Å². The van der Waals surface area contributed by atoms with Gasteiger partial charge in [0.15, 0.2) is 0 Å². The highest BCUT2D eigenvalue weighted by Gasteiger charge is 2.41. The lowest BCUT2D eigenvalue weighted by atomic mass is 10.0. The molecule has 2 atom stereocenters. The lowest BCUT2D eigenvalue weighted by molar-refractivity contribution is 0.0773. The van der Waals surface area contributed by atoms with E-state index >= 15 is 0 Å². The summed E-state index contributed by atoms with van der Waals surface area (Å²) in [5.74, 6) is 1.34. The second-order valence-electron chi connectivity index (χ2n) is 6.52. The Bertz CT molecular complexity index is 688. The van der Waals surface area contributed by atoms with Gasteiger partial charge in [-0.15, -0.1) is 11.3 Å². The summed E-state index contributed by atoms with van der Waals surface area (Å²) in [6.07, 6.45) is 3.36. The molecule has 1 amide bonds. The number of hydrogen-bond acceptors (Lipinski definition) is 5. The van der Waals surface area contributed by atoms with Gasteiger partial charge in [-0.3, -0.25) is 14.7 Å². The highest BCUT2D eigenvalue weighted by molar-refractivity contribution is 7.09. The van der Waals surface area contributed by atoms with Crippen molar-refractivity contribution in [1.29, 1.82) is 0 Å². The van der Waals surface area contributed by atoms with E-state index < -0.39 is 0 Å². The van der Waals surface area contributed by atoms with Gasteiger partial charge in [-0.05, 0) is 30.9 Å². The minimum atomic E-state index is 0.142. The van der Waals surface area contributed by atoms with Gasteiger partial charge in [-0.2, -0.15) is 0 Å². The standard InChI is InChI=1S/C17H20N4OS/c1-12-19-16(11-23-12)10-20-6-14-8-21(9-15(14)7-20)17(22)13-2-4-18-5-3-13/h2-5,11,14-15H,6-10H2,1H3/t14-,15+. The topological polar surface area (TPSA) is 49.3 Å². The minimum Gasteiger partial charge on any atom is -0.338 e. The maximum absolute atomic E-state index is 12.5. The number of amides is 1. The molecule has 120 valence electrons. The molecule has 23 heavy (non-hydrogen) atoms. The molecule has 0 saturated carbocycles. The normalized spacial score (nSPS) is 24.1. The smallest absolute Gasteiger partial charge is 0.253 e. The zero-order valence-electron chi connectivity index (χ0n) is 13.2. The maximum atomic E-state index is 12.5. The van der Waals surface area contributed by atoms with Crippen LogP contribution in [0.15, 0.2) is 29.9 Å². The molecule has 2 aliphatic heterocycles. The summed E-state index contributed by atoms with van der Waals surface area (Å²) in [6.45, 7) is 6.88. The first-order chi connectivity index (χ1) is 11.2. The van der Waals surface area contributed by atoms with Crippen LogP contribution in [0.2, 0.25) is 0 Å². The lowest BCUT2D eigenvalue weighted by Gasteiger charge is -2.21. The van der Waals surface area contributed by atoms with E-state index in [1.54, 1.807) is 35.9 Å². The van der Waals surface area contributed by atoms with Crippen molar-refractivity contribution in [3.8, 4) is 0 Å². The predicted molar refractivity (Wildman–Crippen MR) is 89.2 cm³/mol. The van der Waals surface area contributed by atoms with Crippen LogP contribution in [-0.2, 0) is 6.54 Å². The van der Waals surface area contributed by atoms with Crippen molar-refractivity contribution in [2.24, 2.45) is 11.8 Å². The van der Waals surface area contributed by atoms with Crippen molar-refractivity contribution in [3.05, 3.63) is 46.2 Å². The van der Waals surface area contributed by atoms with Gasteiger partial charge in [-0.1, -0.05) is 0 Å². The summed E-state index contributed by atoms with van der Waals surface area (Å²) in [4.78, 5) is 25.6. The van der Waals surface area contributed by atoms with Gasteiger partial charge in [-0.25, -0.2) is 4.98 Å². The zero-order chi connectivity index (χ0) is 15.8. The summed E-state index contributed by atoms with van der Waals surface area (Å²) in [6, 6.07) is 3.60. The monoisotopic (exact) mass is 328 g/mol. The number of nitrogens with zero attached hydrogens (tertiary/aromatic N) is 4. The Morgan fingerprint density at radius 2 is 1.91 bits per heavy atom. The molecule has 4 heterocycles. The molecule has 2 fully saturated rings. The van der Waals surface area contributed by atoms with E-state index in [1.165, 1.54) is 5.69 Å². The van der Waals surface area contributed by atoms with Gasteiger partial charge in [0.1, 0.15) is 0 Å². The molecule has 0 N–H and O–H groups in total. The molecule has 0 radical (unpaired) electrons. The number of aromatic nitrogens is 2. The van der Waals surface area contributed by atoms with Gasteiger partial charge in [0, 0.05) is 56.1 Å². The van der Waals surface area contributed by atoms with Crippen LogP contribution >= 0.6 is 11.3 Å². The summed E-state index contributed by atoms with van der Waals surface area (Å²) in [7, 11) is 0. The Labute approximate surface area is 140 Å². The largest absolute Gasteiger partial charge is 0.338 e. The first-order valence-electron chi connectivity index (χ1n) is 8.01.